The van der Waals surface area contributed by atoms with E-state index >= 15 is 0 Å². The zero-order valence-corrected chi connectivity index (χ0v) is 8.85. The minimum absolute atomic E-state index is 0.581. The molecule has 5 nitrogen and oxygen atoms in total. The van der Waals surface area contributed by atoms with Crippen LogP contribution in [0.2, 0.25) is 0 Å². The first-order valence-electron chi connectivity index (χ1n) is 5.59. The predicted molar refractivity (Wildman–Crippen MR) is 56.2 cm³/mol. The highest BCUT2D eigenvalue weighted by molar-refractivity contribution is 4.85. The number of hydrogen-bond acceptors (Lipinski definition) is 5. The second-order valence-electron chi connectivity index (χ2n) is 4.07. The van der Waals surface area contributed by atoms with Crippen LogP contribution in [-0.2, 0) is 6.42 Å². The van der Waals surface area contributed by atoms with Crippen molar-refractivity contribution in [3.05, 3.63) is 12.2 Å². The second kappa shape index (κ2) is 5.23. The lowest BCUT2D eigenvalue weighted by molar-refractivity contribution is 0.361. The van der Waals surface area contributed by atoms with Gasteiger partial charge in [0.2, 0.25) is 5.89 Å². The van der Waals surface area contributed by atoms with Crippen molar-refractivity contribution < 1.29 is 4.52 Å². The summed E-state index contributed by atoms with van der Waals surface area (Å²) in [5.74, 6) is 1.34. The van der Waals surface area contributed by atoms with E-state index in [4.69, 9.17) is 10.3 Å². The maximum absolute atomic E-state index is 5.71. The van der Waals surface area contributed by atoms with Crippen LogP contribution >= 0.6 is 0 Å². The van der Waals surface area contributed by atoms with Gasteiger partial charge >= 0.3 is 0 Å². The third kappa shape index (κ3) is 2.76. The van der Waals surface area contributed by atoms with E-state index in [0.717, 1.165) is 19.5 Å². The molecule has 5 heteroatoms. The minimum Gasteiger partial charge on any atom is -0.340 e. The molecule has 2 rings (SSSR count). The average Bonchev–Trinajstić information content (AvgIpc) is 2.88. The Labute approximate surface area is 89.4 Å². The van der Waals surface area contributed by atoms with Gasteiger partial charge in [-0.1, -0.05) is 11.6 Å². The smallest absolute Gasteiger partial charge is 0.227 e. The molecule has 84 valence electrons. The molecule has 1 aromatic heterocycles. The summed E-state index contributed by atoms with van der Waals surface area (Å²) in [6, 6.07) is 0.581. The van der Waals surface area contributed by atoms with E-state index in [1.54, 1.807) is 0 Å². The van der Waals surface area contributed by atoms with Crippen molar-refractivity contribution in [1.82, 2.24) is 15.5 Å². The van der Waals surface area contributed by atoms with Crippen molar-refractivity contribution in [2.45, 2.75) is 31.7 Å². The first kappa shape index (κ1) is 10.6. The average molecular weight is 210 g/mol. The lowest BCUT2D eigenvalue weighted by Gasteiger charge is -2.18. The molecule has 0 aliphatic heterocycles. The maximum Gasteiger partial charge on any atom is 0.227 e. The highest BCUT2D eigenvalue weighted by atomic mass is 16.5. The van der Waals surface area contributed by atoms with Crippen molar-refractivity contribution in [1.29, 1.82) is 0 Å². The molecule has 1 heterocycles. The SMILES string of the molecule is NCC1CCCC1NCCc1ncno1. The highest BCUT2D eigenvalue weighted by Crippen LogP contribution is 2.24. The van der Waals surface area contributed by atoms with E-state index in [9.17, 15) is 0 Å². The molecule has 0 radical (unpaired) electrons. The molecule has 0 aromatic carbocycles. The van der Waals surface area contributed by atoms with Crippen molar-refractivity contribution in [3.63, 3.8) is 0 Å². The lowest BCUT2D eigenvalue weighted by atomic mass is 10.0. The Morgan fingerprint density at radius 3 is 3.20 bits per heavy atom. The fourth-order valence-electron chi connectivity index (χ4n) is 2.26. The number of hydrogen-bond donors (Lipinski definition) is 2. The van der Waals surface area contributed by atoms with Crippen LogP contribution in [0.3, 0.4) is 0 Å². The lowest BCUT2D eigenvalue weighted by Crippen LogP contribution is -2.37. The molecule has 0 amide bonds. The van der Waals surface area contributed by atoms with Crippen LogP contribution in [-0.4, -0.2) is 29.3 Å². The van der Waals surface area contributed by atoms with Crippen molar-refractivity contribution in [2.75, 3.05) is 13.1 Å². The molecule has 1 saturated carbocycles. The minimum atomic E-state index is 0.581. The van der Waals surface area contributed by atoms with Crippen molar-refractivity contribution in [3.8, 4) is 0 Å². The number of rotatable bonds is 5. The van der Waals surface area contributed by atoms with Crippen LogP contribution < -0.4 is 11.1 Å². The fourth-order valence-corrected chi connectivity index (χ4v) is 2.26. The molecule has 0 bridgehead atoms. The number of aromatic nitrogens is 2. The Morgan fingerprint density at radius 1 is 1.53 bits per heavy atom. The summed E-state index contributed by atoms with van der Waals surface area (Å²) in [4.78, 5) is 3.98. The van der Waals surface area contributed by atoms with E-state index < -0.39 is 0 Å². The number of nitrogens with two attached hydrogens (primary N) is 1. The van der Waals surface area contributed by atoms with Crippen LogP contribution in [0, 0.1) is 5.92 Å². The monoisotopic (exact) mass is 210 g/mol. The zero-order valence-electron chi connectivity index (χ0n) is 8.85. The van der Waals surface area contributed by atoms with Gasteiger partial charge in [-0.15, -0.1) is 0 Å². The molecule has 0 saturated heterocycles. The summed E-state index contributed by atoms with van der Waals surface area (Å²) in [6.07, 6.45) is 6.03. The van der Waals surface area contributed by atoms with Gasteiger partial charge in [0.25, 0.3) is 0 Å². The Morgan fingerprint density at radius 2 is 2.47 bits per heavy atom. The highest BCUT2D eigenvalue weighted by Gasteiger charge is 2.25. The molecular weight excluding hydrogens is 192 g/mol. The summed E-state index contributed by atoms with van der Waals surface area (Å²) >= 11 is 0. The van der Waals surface area contributed by atoms with Crippen LogP contribution in [0.4, 0.5) is 0 Å². The van der Waals surface area contributed by atoms with Gasteiger partial charge in [-0.25, -0.2) is 0 Å². The van der Waals surface area contributed by atoms with Crippen LogP contribution in [0.25, 0.3) is 0 Å². The molecule has 1 aliphatic rings. The number of nitrogens with one attached hydrogen (secondary N) is 1. The largest absolute Gasteiger partial charge is 0.340 e. The van der Waals surface area contributed by atoms with E-state index in [0.29, 0.717) is 17.9 Å². The molecule has 1 aromatic rings. The van der Waals surface area contributed by atoms with Gasteiger partial charge in [0, 0.05) is 19.0 Å². The third-order valence-electron chi connectivity index (χ3n) is 3.11. The zero-order chi connectivity index (χ0) is 10.5. The Kier molecular flexibility index (Phi) is 3.69. The molecule has 1 fully saturated rings. The summed E-state index contributed by atoms with van der Waals surface area (Å²) < 4.78 is 4.93. The van der Waals surface area contributed by atoms with E-state index in [1.165, 1.54) is 25.6 Å². The summed E-state index contributed by atoms with van der Waals surface area (Å²) in [5, 5.41) is 7.08. The third-order valence-corrected chi connectivity index (χ3v) is 3.11. The quantitative estimate of drug-likeness (QED) is 0.732. The topological polar surface area (TPSA) is 77.0 Å². The molecule has 1 aliphatic carbocycles. The summed E-state index contributed by atoms with van der Waals surface area (Å²) in [5.41, 5.74) is 5.71. The predicted octanol–water partition coefficient (Wildman–Crippen LogP) is 0.329. The van der Waals surface area contributed by atoms with E-state index in [-0.39, 0.29) is 0 Å². The van der Waals surface area contributed by atoms with Crippen LogP contribution in [0.15, 0.2) is 10.9 Å². The standard InChI is InChI=1S/C10H18N4O/c11-6-8-2-1-3-9(8)12-5-4-10-13-7-14-15-10/h7-9,12H,1-6,11H2. The molecule has 2 atom stereocenters. The van der Waals surface area contributed by atoms with Crippen molar-refractivity contribution in [2.24, 2.45) is 11.7 Å². The molecule has 15 heavy (non-hydrogen) atoms. The van der Waals surface area contributed by atoms with Gasteiger partial charge < -0.3 is 15.6 Å². The van der Waals surface area contributed by atoms with Gasteiger partial charge in [0.05, 0.1) is 0 Å². The Balaban J connectivity index is 1.69. The summed E-state index contributed by atoms with van der Waals surface area (Å²) in [7, 11) is 0. The fraction of sp³-hybridized carbons (Fsp3) is 0.800. The second-order valence-corrected chi connectivity index (χ2v) is 4.07. The Bertz CT molecular complexity index is 275. The van der Waals surface area contributed by atoms with E-state index in [1.807, 2.05) is 0 Å². The van der Waals surface area contributed by atoms with Gasteiger partial charge in [0.1, 0.15) is 0 Å². The van der Waals surface area contributed by atoms with E-state index in [2.05, 4.69) is 15.5 Å². The molecular formula is C10H18N4O. The normalized spacial score (nSPS) is 25.9. The van der Waals surface area contributed by atoms with Crippen molar-refractivity contribution >= 4 is 0 Å². The van der Waals surface area contributed by atoms with Gasteiger partial charge in [-0.3, -0.25) is 0 Å². The molecule has 3 N–H and O–H groups in total. The number of nitrogens with zero attached hydrogens (tertiary/aromatic N) is 2. The van der Waals surface area contributed by atoms with Gasteiger partial charge in [-0.2, -0.15) is 4.98 Å². The van der Waals surface area contributed by atoms with Gasteiger partial charge in [-0.05, 0) is 25.3 Å². The molecule has 0 spiro atoms. The molecule has 2 unspecified atom stereocenters. The summed E-state index contributed by atoms with van der Waals surface area (Å²) in [6.45, 7) is 1.68. The maximum atomic E-state index is 5.71. The first-order valence-corrected chi connectivity index (χ1v) is 5.59. The van der Waals surface area contributed by atoms with Crippen LogP contribution in [0.1, 0.15) is 25.2 Å². The first-order chi connectivity index (χ1) is 7.40. The van der Waals surface area contributed by atoms with Gasteiger partial charge in [0.15, 0.2) is 6.33 Å². The Hall–Kier alpha value is -0.940. The van der Waals surface area contributed by atoms with Crippen LogP contribution in [0.5, 0.6) is 0 Å².